The molecule has 0 saturated carbocycles. The van der Waals surface area contributed by atoms with Crippen molar-refractivity contribution in [2.45, 2.75) is 18.7 Å². The van der Waals surface area contributed by atoms with Crippen LogP contribution in [0.25, 0.3) is 0 Å². The summed E-state index contributed by atoms with van der Waals surface area (Å²) in [6.45, 7) is 2.18. The molecule has 0 aromatic rings. The van der Waals surface area contributed by atoms with Gasteiger partial charge in [0.25, 0.3) is 0 Å². The van der Waals surface area contributed by atoms with E-state index in [0.29, 0.717) is 18.3 Å². The molecule has 1 atom stereocenters. The number of fused-ring (bicyclic) bond motifs is 1. The van der Waals surface area contributed by atoms with E-state index in [1.54, 1.807) is 22.7 Å². The number of hydrogen-bond acceptors (Lipinski definition) is 3. The number of β-lactam (4-membered cyclic amide) rings is 1. The van der Waals surface area contributed by atoms with Gasteiger partial charge in [0.1, 0.15) is 0 Å². The Hall–Kier alpha value is -0.770. The summed E-state index contributed by atoms with van der Waals surface area (Å²) in [6.07, 6.45) is 2.26. The first kappa shape index (κ1) is 7.86. The van der Waals surface area contributed by atoms with Crippen LogP contribution in [0, 0.1) is 0 Å². The lowest BCUT2D eigenvalue weighted by Gasteiger charge is -2.32. The number of nitrogens with zero attached hydrogens (tertiary/aromatic N) is 1. The molecule has 2 aliphatic heterocycles. The van der Waals surface area contributed by atoms with Crippen LogP contribution in [0.5, 0.6) is 0 Å². The molecule has 2 rings (SSSR count). The zero-order chi connectivity index (χ0) is 8.72. The monoisotopic (exact) mass is 183 g/mol. The van der Waals surface area contributed by atoms with Crippen LogP contribution < -0.4 is 0 Å². The maximum atomic E-state index is 10.9. The molecule has 2 saturated heterocycles. The standard InChI is InChI=1S/C8H9NO2S/c1-5(10)2-6-4-9-7(11)3-8(9)12-6/h2,8H,3-4H2,1H3/t8-/m1/s1. The Morgan fingerprint density at radius 3 is 3.00 bits per heavy atom. The predicted octanol–water partition coefficient (Wildman–Crippen LogP) is 0.765. The fourth-order valence-corrected chi connectivity index (χ4v) is 2.75. The van der Waals surface area contributed by atoms with Gasteiger partial charge in [0.2, 0.25) is 5.91 Å². The molecule has 0 unspecified atom stereocenters. The third-order valence-corrected chi connectivity index (χ3v) is 3.24. The second-order valence-corrected chi connectivity index (χ2v) is 4.32. The summed E-state index contributed by atoms with van der Waals surface area (Å²) >= 11 is 1.64. The lowest BCUT2D eigenvalue weighted by molar-refractivity contribution is -0.140. The molecule has 3 nitrogen and oxygen atoms in total. The highest BCUT2D eigenvalue weighted by Crippen LogP contribution is 2.41. The maximum Gasteiger partial charge on any atom is 0.226 e. The topological polar surface area (TPSA) is 37.4 Å². The van der Waals surface area contributed by atoms with Crippen molar-refractivity contribution in [3.8, 4) is 0 Å². The molecule has 64 valence electrons. The molecule has 0 radical (unpaired) electrons. The van der Waals surface area contributed by atoms with Crippen LogP contribution >= 0.6 is 11.8 Å². The molecule has 2 heterocycles. The highest BCUT2D eigenvalue weighted by atomic mass is 32.2. The Kier molecular flexibility index (Phi) is 1.72. The molecule has 0 aromatic heterocycles. The maximum absolute atomic E-state index is 10.9. The lowest BCUT2D eigenvalue weighted by Crippen LogP contribution is -2.46. The van der Waals surface area contributed by atoms with E-state index in [1.165, 1.54) is 6.92 Å². The number of rotatable bonds is 1. The smallest absolute Gasteiger partial charge is 0.226 e. The number of thioether (sulfide) groups is 1. The van der Waals surface area contributed by atoms with Gasteiger partial charge in [-0.25, -0.2) is 0 Å². The highest BCUT2D eigenvalue weighted by molar-refractivity contribution is 8.04. The molecule has 0 N–H and O–H groups in total. The zero-order valence-electron chi connectivity index (χ0n) is 6.74. The van der Waals surface area contributed by atoms with Gasteiger partial charge in [-0.05, 0) is 13.0 Å². The van der Waals surface area contributed by atoms with Gasteiger partial charge in [-0.2, -0.15) is 0 Å². The summed E-state index contributed by atoms with van der Waals surface area (Å²) in [6, 6.07) is 0. The SMILES string of the molecule is CC(=O)C=C1CN2C(=O)C[C@H]2S1. The van der Waals surface area contributed by atoms with Crippen molar-refractivity contribution < 1.29 is 9.59 Å². The van der Waals surface area contributed by atoms with Crippen molar-refractivity contribution >= 4 is 23.5 Å². The van der Waals surface area contributed by atoms with Gasteiger partial charge in [0, 0.05) is 4.91 Å². The van der Waals surface area contributed by atoms with Crippen molar-refractivity contribution in [1.82, 2.24) is 4.90 Å². The molecular weight excluding hydrogens is 174 g/mol. The molecule has 2 fully saturated rings. The quantitative estimate of drug-likeness (QED) is 0.445. The zero-order valence-corrected chi connectivity index (χ0v) is 7.56. The normalized spacial score (nSPS) is 30.4. The van der Waals surface area contributed by atoms with E-state index in [9.17, 15) is 9.59 Å². The van der Waals surface area contributed by atoms with Gasteiger partial charge in [-0.15, -0.1) is 11.8 Å². The van der Waals surface area contributed by atoms with Crippen LogP contribution in [0.15, 0.2) is 11.0 Å². The summed E-state index contributed by atoms with van der Waals surface area (Å²) in [4.78, 5) is 24.5. The molecule has 2 aliphatic rings. The molecule has 0 aliphatic carbocycles. The fraction of sp³-hybridized carbons (Fsp3) is 0.500. The predicted molar refractivity (Wildman–Crippen MR) is 46.5 cm³/mol. The van der Waals surface area contributed by atoms with Gasteiger partial charge in [-0.1, -0.05) is 0 Å². The van der Waals surface area contributed by atoms with E-state index in [-0.39, 0.29) is 11.7 Å². The first-order valence-corrected chi connectivity index (χ1v) is 4.72. The minimum Gasteiger partial charge on any atom is -0.325 e. The Morgan fingerprint density at radius 2 is 2.50 bits per heavy atom. The molecule has 4 heteroatoms. The molecule has 0 spiro atoms. The largest absolute Gasteiger partial charge is 0.325 e. The number of carbonyl (C=O) groups excluding carboxylic acids is 2. The van der Waals surface area contributed by atoms with Gasteiger partial charge in [0.05, 0.1) is 18.3 Å². The Morgan fingerprint density at radius 1 is 1.75 bits per heavy atom. The Balaban J connectivity index is 2.07. The van der Waals surface area contributed by atoms with E-state index in [1.807, 2.05) is 0 Å². The van der Waals surface area contributed by atoms with Crippen LogP contribution in [0.2, 0.25) is 0 Å². The minimum absolute atomic E-state index is 0.0625. The van der Waals surface area contributed by atoms with Crippen molar-refractivity contribution in [2.75, 3.05) is 6.54 Å². The molecule has 0 bridgehead atoms. The van der Waals surface area contributed by atoms with Crippen LogP contribution in [0.1, 0.15) is 13.3 Å². The second kappa shape index (κ2) is 2.62. The van der Waals surface area contributed by atoms with Crippen molar-refractivity contribution in [3.05, 3.63) is 11.0 Å². The third-order valence-electron chi connectivity index (χ3n) is 2.00. The number of ketones is 1. The lowest BCUT2D eigenvalue weighted by atomic mass is 10.2. The van der Waals surface area contributed by atoms with Crippen LogP contribution in [-0.2, 0) is 9.59 Å². The number of amides is 1. The van der Waals surface area contributed by atoms with Crippen molar-refractivity contribution in [3.63, 3.8) is 0 Å². The number of allylic oxidation sites excluding steroid dienone is 1. The Labute approximate surface area is 74.8 Å². The van der Waals surface area contributed by atoms with Crippen LogP contribution in [0.3, 0.4) is 0 Å². The van der Waals surface area contributed by atoms with Crippen LogP contribution in [0.4, 0.5) is 0 Å². The summed E-state index contributed by atoms with van der Waals surface area (Å²) < 4.78 is 0. The summed E-state index contributed by atoms with van der Waals surface area (Å²) in [5.41, 5.74) is 0. The van der Waals surface area contributed by atoms with Gasteiger partial charge < -0.3 is 4.90 Å². The van der Waals surface area contributed by atoms with Crippen LogP contribution in [-0.4, -0.2) is 28.5 Å². The second-order valence-electron chi connectivity index (χ2n) is 3.02. The van der Waals surface area contributed by atoms with Gasteiger partial charge in [-0.3, -0.25) is 9.59 Å². The average Bonchev–Trinajstić information content (AvgIpc) is 2.26. The first-order chi connectivity index (χ1) is 5.66. The molecule has 12 heavy (non-hydrogen) atoms. The Bertz CT molecular complexity index is 285. The molecular formula is C8H9NO2S. The minimum atomic E-state index is 0.0625. The molecule has 1 amide bonds. The molecule has 0 aromatic carbocycles. The van der Waals surface area contributed by atoms with Crippen molar-refractivity contribution in [1.29, 1.82) is 0 Å². The van der Waals surface area contributed by atoms with E-state index in [4.69, 9.17) is 0 Å². The van der Waals surface area contributed by atoms with Gasteiger partial charge in [0.15, 0.2) is 5.78 Å². The average molecular weight is 183 g/mol. The van der Waals surface area contributed by atoms with Gasteiger partial charge >= 0.3 is 0 Å². The van der Waals surface area contributed by atoms with E-state index < -0.39 is 0 Å². The summed E-state index contributed by atoms with van der Waals surface area (Å²) in [5, 5.41) is 0.322. The highest BCUT2D eigenvalue weighted by Gasteiger charge is 2.42. The summed E-state index contributed by atoms with van der Waals surface area (Å²) in [7, 11) is 0. The number of carbonyl (C=O) groups is 2. The van der Waals surface area contributed by atoms with E-state index in [2.05, 4.69) is 0 Å². The fourth-order valence-electron chi connectivity index (χ4n) is 1.41. The van der Waals surface area contributed by atoms with E-state index in [0.717, 1.165) is 4.91 Å². The van der Waals surface area contributed by atoms with E-state index >= 15 is 0 Å². The number of hydrogen-bond donors (Lipinski definition) is 0. The van der Waals surface area contributed by atoms with Crippen molar-refractivity contribution in [2.24, 2.45) is 0 Å². The first-order valence-electron chi connectivity index (χ1n) is 3.84. The summed E-state index contributed by atoms with van der Waals surface area (Å²) in [5.74, 6) is 0.270. The third kappa shape index (κ3) is 1.16.